The smallest absolute Gasteiger partial charge is 0.229 e. The summed E-state index contributed by atoms with van der Waals surface area (Å²) in [7, 11) is 1.63. The van der Waals surface area contributed by atoms with Gasteiger partial charge in [0.1, 0.15) is 5.75 Å². The summed E-state index contributed by atoms with van der Waals surface area (Å²) in [6.45, 7) is 2.99. The van der Waals surface area contributed by atoms with E-state index in [1.165, 1.54) is 0 Å². The van der Waals surface area contributed by atoms with Crippen molar-refractivity contribution in [3.63, 3.8) is 0 Å². The standard InChI is InChI=1S/C25H27N3O3S/c1-31-22-10-4-19(5-11-22)17-25(30)28-14-12-27(13-15-28)21-8-6-20(7-9-21)26-24(29)18-23-3-2-16-32-23/h2-11,16H,12-15,17-18H2,1H3,(H,26,29). The molecule has 6 nitrogen and oxygen atoms in total. The number of amides is 2. The van der Waals surface area contributed by atoms with Crippen LogP contribution in [0.4, 0.5) is 11.4 Å². The van der Waals surface area contributed by atoms with E-state index in [-0.39, 0.29) is 11.8 Å². The summed E-state index contributed by atoms with van der Waals surface area (Å²) < 4.78 is 5.17. The fourth-order valence-corrected chi connectivity index (χ4v) is 4.48. The Hall–Kier alpha value is -3.32. The molecule has 2 amide bonds. The SMILES string of the molecule is COc1ccc(CC(=O)N2CCN(c3ccc(NC(=O)Cc4cccs4)cc3)CC2)cc1. The first-order chi connectivity index (χ1) is 15.6. The lowest BCUT2D eigenvalue weighted by atomic mass is 10.1. The van der Waals surface area contributed by atoms with E-state index in [4.69, 9.17) is 4.74 Å². The fraction of sp³-hybridized carbons (Fsp3) is 0.280. The van der Waals surface area contributed by atoms with Gasteiger partial charge in [-0.25, -0.2) is 0 Å². The molecule has 0 atom stereocenters. The van der Waals surface area contributed by atoms with Crippen LogP contribution in [-0.4, -0.2) is 50.0 Å². The normalized spacial score (nSPS) is 13.7. The van der Waals surface area contributed by atoms with Gasteiger partial charge in [0.05, 0.1) is 20.0 Å². The number of nitrogens with zero attached hydrogens (tertiary/aromatic N) is 2. The Balaban J connectivity index is 1.25. The molecule has 32 heavy (non-hydrogen) atoms. The lowest BCUT2D eigenvalue weighted by Gasteiger charge is -2.36. The van der Waals surface area contributed by atoms with Crippen LogP contribution in [0.25, 0.3) is 0 Å². The number of hydrogen-bond donors (Lipinski definition) is 1. The first kappa shape index (κ1) is 21.9. The van der Waals surface area contributed by atoms with Crippen molar-refractivity contribution in [1.29, 1.82) is 0 Å². The maximum Gasteiger partial charge on any atom is 0.229 e. The number of carbonyl (C=O) groups is 2. The number of piperazine rings is 1. The van der Waals surface area contributed by atoms with Crippen LogP contribution >= 0.6 is 11.3 Å². The molecule has 2 aromatic carbocycles. The zero-order chi connectivity index (χ0) is 22.3. The third-order valence-corrected chi connectivity index (χ3v) is 6.45. The first-order valence-electron chi connectivity index (χ1n) is 10.7. The number of nitrogens with one attached hydrogen (secondary N) is 1. The van der Waals surface area contributed by atoms with Gasteiger partial charge >= 0.3 is 0 Å². The van der Waals surface area contributed by atoms with Crippen molar-refractivity contribution in [2.45, 2.75) is 12.8 Å². The van der Waals surface area contributed by atoms with E-state index >= 15 is 0 Å². The Morgan fingerprint density at radius 3 is 2.28 bits per heavy atom. The molecule has 0 unspecified atom stereocenters. The molecule has 4 rings (SSSR count). The molecular formula is C25H27N3O3S. The number of anilines is 2. The Bertz CT molecular complexity index is 1030. The minimum atomic E-state index is -0.0100. The molecule has 166 valence electrons. The van der Waals surface area contributed by atoms with Crippen molar-refractivity contribution < 1.29 is 14.3 Å². The summed E-state index contributed by atoms with van der Waals surface area (Å²) in [4.78, 5) is 30.1. The highest BCUT2D eigenvalue weighted by molar-refractivity contribution is 7.10. The third-order valence-electron chi connectivity index (χ3n) is 5.58. The number of ether oxygens (including phenoxy) is 1. The minimum Gasteiger partial charge on any atom is -0.497 e. The highest BCUT2D eigenvalue weighted by Gasteiger charge is 2.21. The van der Waals surface area contributed by atoms with Gasteiger partial charge < -0.3 is 19.9 Å². The molecule has 0 radical (unpaired) electrons. The van der Waals surface area contributed by atoms with E-state index in [1.54, 1.807) is 18.4 Å². The van der Waals surface area contributed by atoms with Crippen LogP contribution in [0.1, 0.15) is 10.4 Å². The average molecular weight is 450 g/mol. The molecule has 1 saturated heterocycles. The molecule has 2 heterocycles. The van der Waals surface area contributed by atoms with E-state index in [2.05, 4.69) is 10.2 Å². The van der Waals surface area contributed by atoms with Gasteiger partial charge in [0.25, 0.3) is 0 Å². The predicted octanol–water partition coefficient (Wildman–Crippen LogP) is 3.83. The highest BCUT2D eigenvalue weighted by Crippen LogP contribution is 2.21. The number of methoxy groups -OCH3 is 1. The summed E-state index contributed by atoms with van der Waals surface area (Å²) in [6, 6.07) is 19.5. The molecule has 1 N–H and O–H groups in total. The molecule has 7 heteroatoms. The second-order valence-electron chi connectivity index (χ2n) is 7.74. The molecule has 0 aliphatic carbocycles. The number of carbonyl (C=O) groups excluding carboxylic acids is 2. The number of benzene rings is 2. The average Bonchev–Trinajstić information content (AvgIpc) is 3.33. The monoisotopic (exact) mass is 449 g/mol. The molecule has 0 saturated carbocycles. The quantitative estimate of drug-likeness (QED) is 0.596. The van der Waals surface area contributed by atoms with Crippen molar-refractivity contribution >= 4 is 34.5 Å². The Labute approximate surface area is 192 Å². The number of rotatable bonds is 7. The first-order valence-corrected chi connectivity index (χ1v) is 11.6. The van der Waals surface area contributed by atoms with E-state index < -0.39 is 0 Å². The second-order valence-corrected chi connectivity index (χ2v) is 8.78. The Morgan fingerprint density at radius 1 is 0.938 bits per heavy atom. The summed E-state index contributed by atoms with van der Waals surface area (Å²) in [5.74, 6) is 0.936. The van der Waals surface area contributed by atoms with Crippen LogP contribution in [0.3, 0.4) is 0 Å². The van der Waals surface area contributed by atoms with Crippen LogP contribution in [0.5, 0.6) is 5.75 Å². The summed E-state index contributed by atoms with van der Waals surface area (Å²) >= 11 is 1.59. The van der Waals surface area contributed by atoms with Gasteiger partial charge in [-0.3, -0.25) is 9.59 Å². The van der Waals surface area contributed by atoms with Crippen LogP contribution in [0, 0.1) is 0 Å². The van der Waals surface area contributed by atoms with Crippen molar-refractivity contribution in [2.24, 2.45) is 0 Å². The topological polar surface area (TPSA) is 61.9 Å². The van der Waals surface area contributed by atoms with Crippen LogP contribution < -0.4 is 15.0 Å². The molecule has 0 spiro atoms. The van der Waals surface area contributed by atoms with Crippen molar-refractivity contribution in [3.05, 3.63) is 76.5 Å². The maximum atomic E-state index is 12.7. The van der Waals surface area contributed by atoms with E-state index in [0.29, 0.717) is 25.9 Å². The summed E-state index contributed by atoms with van der Waals surface area (Å²) in [5, 5.41) is 4.93. The van der Waals surface area contributed by atoms with Crippen molar-refractivity contribution in [1.82, 2.24) is 4.90 Å². The summed E-state index contributed by atoms with van der Waals surface area (Å²) in [6.07, 6.45) is 0.801. The van der Waals surface area contributed by atoms with Gasteiger partial charge in [0, 0.05) is 42.4 Å². The second kappa shape index (κ2) is 10.3. The van der Waals surface area contributed by atoms with Gasteiger partial charge in [-0.2, -0.15) is 0 Å². The largest absolute Gasteiger partial charge is 0.497 e. The van der Waals surface area contributed by atoms with Crippen molar-refractivity contribution in [2.75, 3.05) is 43.5 Å². The molecule has 1 aromatic heterocycles. The number of hydrogen-bond acceptors (Lipinski definition) is 5. The highest BCUT2D eigenvalue weighted by atomic mass is 32.1. The van der Waals surface area contributed by atoms with E-state index in [9.17, 15) is 9.59 Å². The van der Waals surface area contributed by atoms with Crippen LogP contribution in [0.15, 0.2) is 66.0 Å². The molecule has 1 fully saturated rings. The Morgan fingerprint density at radius 2 is 1.66 bits per heavy atom. The van der Waals surface area contributed by atoms with Crippen LogP contribution in [-0.2, 0) is 22.4 Å². The van der Waals surface area contributed by atoms with E-state index in [0.717, 1.165) is 40.7 Å². The van der Waals surface area contributed by atoms with Crippen LogP contribution in [0.2, 0.25) is 0 Å². The lowest BCUT2D eigenvalue weighted by molar-refractivity contribution is -0.130. The molecule has 1 aliphatic rings. The molecule has 1 aliphatic heterocycles. The Kier molecular flexibility index (Phi) is 7.07. The maximum absolute atomic E-state index is 12.7. The minimum absolute atomic E-state index is 0.0100. The third kappa shape index (κ3) is 5.68. The fourth-order valence-electron chi connectivity index (χ4n) is 3.78. The number of thiophene rings is 1. The zero-order valence-electron chi connectivity index (χ0n) is 18.1. The van der Waals surface area contributed by atoms with Crippen molar-refractivity contribution in [3.8, 4) is 5.75 Å². The molecule has 3 aromatic rings. The predicted molar refractivity (Wildman–Crippen MR) is 129 cm³/mol. The van der Waals surface area contributed by atoms with E-state index in [1.807, 2.05) is 70.9 Å². The zero-order valence-corrected chi connectivity index (χ0v) is 18.9. The molecular weight excluding hydrogens is 422 g/mol. The van der Waals surface area contributed by atoms with Gasteiger partial charge in [-0.05, 0) is 53.4 Å². The van der Waals surface area contributed by atoms with Gasteiger partial charge in [0.15, 0.2) is 0 Å². The molecule has 0 bridgehead atoms. The van der Waals surface area contributed by atoms with Gasteiger partial charge in [0.2, 0.25) is 11.8 Å². The summed E-state index contributed by atoms with van der Waals surface area (Å²) in [5.41, 5.74) is 2.89. The van der Waals surface area contributed by atoms with Gasteiger partial charge in [-0.1, -0.05) is 18.2 Å². The lowest BCUT2D eigenvalue weighted by Crippen LogP contribution is -2.49. The van der Waals surface area contributed by atoms with Gasteiger partial charge in [-0.15, -0.1) is 11.3 Å².